The predicted molar refractivity (Wildman–Crippen MR) is 55.3 cm³/mol. The van der Waals surface area contributed by atoms with Crippen LogP contribution in [0.1, 0.15) is 47.5 Å². The minimum Gasteiger partial charge on any atom is -0.481 e. The first-order valence-corrected chi connectivity index (χ1v) is 4.46. The second kappa shape index (κ2) is 14.3. The Kier molecular flexibility index (Phi) is 19.0. The van der Waals surface area contributed by atoms with Crippen LogP contribution in [0.3, 0.4) is 0 Å². The number of ketones is 2. The summed E-state index contributed by atoms with van der Waals surface area (Å²) < 4.78 is 0. The summed E-state index contributed by atoms with van der Waals surface area (Å²) >= 11 is 0. The van der Waals surface area contributed by atoms with Crippen molar-refractivity contribution in [1.82, 2.24) is 0 Å². The number of hydrogen-bond acceptors (Lipinski definition) is 3. The fourth-order valence-corrected chi connectivity index (χ4v) is 0. The van der Waals surface area contributed by atoms with E-state index in [4.69, 9.17) is 9.90 Å². The molecule has 0 bridgehead atoms. The summed E-state index contributed by atoms with van der Waals surface area (Å²) in [6.07, 6.45) is 1.33. The molecule has 0 amide bonds. The molecule has 1 N–H and O–H groups in total. The molecule has 0 spiro atoms. The zero-order chi connectivity index (χ0) is 12.1. The number of Topliss-reactive ketones (excluding diaryl/α,β-unsaturated/α-hetero) is 2. The molecule has 4 heteroatoms. The lowest BCUT2D eigenvalue weighted by Crippen LogP contribution is -1.80. The molecular weight excluding hydrogens is 184 g/mol. The second-order valence-electron chi connectivity index (χ2n) is 2.63. The Morgan fingerprint density at radius 1 is 0.857 bits per heavy atom. The molecule has 84 valence electrons. The maximum atomic E-state index is 9.81. The van der Waals surface area contributed by atoms with E-state index in [1.165, 1.54) is 0 Å². The predicted octanol–water partition coefficient (Wildman–Crippen LogP) is 2.06. The molecule has 0 fully saturated rings. The monoisotopic (exact) mass is 204 g/mol. The summed E-state index contributed by atoms with van der Waals surface area (Å²) in [6, 6.07) is 0. The fourth-order valence-electron chi connectivity index (χ4n) is 0. The number of aliphatic carboxylic acids is 1. The molecule has 0 heterocycles. The smallest absolute Gasteiger partial charge is 0.300 e. The highest BCUT2D eigenvalue weighted by molar-refractivity contribution is 5.75. The van der Waals surface area contributed by atoms with Gasteiger partial charge in [-0.3, -0.25) is 4.79 Å². The molecule has 0 aliphatic heterocycles. The van der Waals surface area contributed by atoms with Gasteiger partial charge in [0, 0.05) is 19.8 Å². The van der Waals surface area contributed by atoms with Crippen LogP contribution < -0.4 is 0 Å². The molecule has 0 aromatic heterocycles. The van der Waals surface area contributed by atoms with E-state index in [-0.39, 0.29) is 11.6 Å². The van der Waals surface area contributed by atoms with Gasteiger partial charge in [-0.15, -0.1) is 0 Å². The van der Waals surface area contributed by atoms with Gasteiger partial charge in [0.2, 0.25) is 0 Å². The molecule has 0 unspecified atom stereocenters. The molecule has 0 aliphatic rings. The van der Waals surface area contributed by atoms with Gasteiger partial charge in [0.25, 0.3) is 5.97 Å². The van der Waals surface area contributed by atoms with Crippen molar-refractivity contribution in [2.75, 3.05) is 0 Å². The van der Waals surface area contributed by atoms with Gasteiger partial charge in [-0.25, -0.2) is 0 Å². The lowest BCUT2D eigenvalue weighted by atomic mass is 10.4. The molecule has 0 aliphatic carbocycles. The lowest BCUT2D eigenvalue weighted by molar-refractivity contribution is -0.134. The molecule has 4 nitrogen and oxygen atoms in total. The van der Waals surface area contributed by atoms with Crippen LogP contribution in [0.4, 0.5) is 0 Å². The van der Waals surface area contributed by atoms with Crippen molar-refractivity contribution in [3.8, 4) is 0 Å². The molecule has 0 saturated heterocycles. The van der Waals surface area contributed by atoms with Crippen molar-refractivity contribution in [1.29, 1.82) is 0 Å². The summed E-state index contributed by atoms with van der Waals surface area (Å²) in [5.41, 5.74) is 0. The minimum atomic E-state index is -0.833. The molecule has 0 rings (SSSR count). The highest BCUT2D eigenvalue weighted by atomic mass is 16.4. The van der Waals surface area contributed by atoms with Crippen LogP contribution in [0.15, 0.2) is 0 Å². The van der Waals surface area contributed by atoms with Crippen molar-refractivity contribution in [2.45, 2.75) is 47.5 Å². The van der Waals surface area contributed by atoms with Gasteiger partial charge in [-0.05, 0) is 13.8 Å². The summed E-state index contributed by atoms with van der Waals surface area (Å²) in [5, 5.41) is 7.42. The number of hydrogen-bond donors (Lipinski definition) is 1. The topological polar surface area (TPSA) is 71.4 Å². The SMILES string of the molecule is CC(=O)O.CCC(C)=O.CCC(C)=O. The van der Waals surface area contributed by atoms with Gasteiger partial charge in [0.15, 0.2) is 0 Å². The molecule has 0 atom stereocenters. The standard InChI is InChI=1S/2C4H8O.C2H4O2/c2*1-3-4(2)5;1-2(3)4/h2*3H2,1-2H3;1H3,(H,3,4). The number of carbonyl (C=O) groups is 3. The van der Waals surface area contributed by atoms with Crippen molar-refractivity contribution in [3.05, 3.63) is 0 Å². The van der Waals surface area contributed by atoms with E-state index in [0.29, 0.717) is 12.8 Å². The number of rotatable bonds is 2. The van der Waals surface area contributed by atoms with Crippen molar-refractivity contribution in [3.63, 3.8) is 0 Å². The van der Waals surface area contributed by atoms with Crippen molar-refractivity contribution < 1.29 is 19.5 Å². The second-order valence-corrected chi connectivity index (χ2v) is 2.63. The van der Waals surface area contributed by atoms with Gasteiger partial charge < -0.3 is 14.7 Å². The first kappa shape index (κ1) is 18.6. The van der Waals surface area contributed by atoms with E-state index < -0.39 is 5.97 Å². The Morgan fingerprint density at radius 2 is 0.929 bits per heavy atom. The van der Waals surface area contributed by atoms with Gasteiger partial charge in [-0.2, -0.15) is 0 Å². The highest BCUT2D eigenvalue weighted by Gasteiger charge is 1.77. The largest absolute Gasteiger partial charge is 0.481 e. The van der Waals surface area contributed by atoms with E-state index in [1.807, 2.05) is 13.8 Å². The van der Waals surface area contributed by atoms with E-state index in [9.17, 15) is 9.59 Å². The molecule has 0 aromatic carbocycles. The van der Waals surface area contributed by atoms with Crippen molar-refractivity contribution in [2.24, 2.45) is 0 Å². The zero-order valence-corrected chi connectivity index (χ0v) is 9.59. The summed E-state index contributed by atoms with van der Waals surface area (Å²) in [5.74, 6) is -0.324. The minimum absolute atomic E-state index is 0.255. The van der Waals surface area contributed by atoms with Crippen LogP contribution in [0.25, 0.3) is 0 Å². The molecule has 0 saturated carbocycles. The number of carboxylic acids is 1. The third kappa shape index (κ3) is 132. The van der Waals surface area contributed by atoms with Crippen LogP contribution in [0, 0.1) is 0 Å². The van der Waals surface area contributed by atoms with Gasteiger partial charge in [0.1, 0.15) is 11.6 Å². The maximum absolute atomic E-state index is 9.81. The Hall–Kier alpha value is -1.19. The Bertz CT molecular complexity index is 155. The highest BCUT2D eigenvalue weighted by Crippen LogP contribution is 1.72. The van der Waals surface area contributed by atoms with Crippen LogP contribution in [0.2, 0.25) is 0 Å². The summed E-state index contributed by atoms with van der Waals surface area (Å²) in [4.78, 5) is 28.6. The van der Waals surface area contributed by atoms with Crippen LogP contribution in [-0.2, 0) is 14.4 Å². The fraction of sp³-hybridized carbons (Fsp3) is 0.700. The third-order valence-electron chi connectivity index (χ3n) is 0.996. The molecule has 14 heavy (non-hydrogen) atoms. The number of carboxylic acid groups (broad SMARTS) is 1. The first-order chi connectivity index (χ1) is 6.27. The van der Waals surface area contributed by atoms with E-state index in [0.717, 1.165) is 6.92 Å². The average molecular weight is 204 g/mol. The van der Waals surface area contributed by atoms with Crippen LogP contribution >= 0.6 is 0 Å². The van der Waals surface area contributed by atoms with Gasteiger partial charge in [0.05, 0.1) is 0 Å². The number of carbonyl (C=O) groups excluding carboxylic acids is 2. The first-order valence-electron chi connectivity index (χ1n) is 4.46. The van der Waals surface area contributed by atoms with Crippen molar-refractivity contribution >= 4 is 17.5 Å². The Balaban J connectivity index is -0.000000131. The van der Waals surface area contributed by atoms with Crippen LogP contribution in [0.5, 0.6) is 0 Å². The van der Waals surface area contributed by atoms with Gasteiger partial charge in [-0.1, -0.05) is 13.8 Å². The van der Waals surface area contributed by atoms with E-state index in [1.54, 1.807) is 13.8 Å². The summed E-state index contributed by atoms with van der Waals surface area (Å²) in [6.45, 7) is 7.95. The van der Waals surface area contributed by atoms with E-state index in [2.05, 4.69) is 0 Å². The Morgan fingerprint density at radius 3 is 0.929 bits per heavy atom. The third-order valence-corrected chi connectivity index (χ3v) is 0.996. The molecular formula is C10H20O4. The van der Waals surface area contributed by atoms with Gasteiger partial charge >= 0.3 is 0 Å². The quantitative estimate of drug-likeness (QED) is 0.747. The zero-order valence-electron chi connectivity index (χ0n) is 9.59. The normalized spacial score (nSPS) is 7.21. The van der Waals surface area contributed by atoms with Crippen LogP contribution in [-0.4, -0.2) is 22.6 Å². The summed E-state index contributed by atoms with van der Waals surface area (Å²) in [7, 11) is 0. The lowest BCUT2D eigenvalue weighted by Gasteiger charge is -1.71. The molecule has 0 aromatic rings. The Labute approximate surface area is 85.3 Å². The molecule has 0 radical (unpaired) electrons. The average Bonchev–Trinajstić information content (AvgIpc) is 2.04. The maximum Gasteiger partial charge on any atom is 0.300 e. The van der Waals surface area contributed by atoms with E-state index >= 15 is 0 Å².